The molecule has 19 heavy (non-hydrogen) atoms. The molecule has 2 heterocycles. The number of nitrogens with zero attached hydrogens (tertiary/aromatic N) is 2. The van der Waals surface area contributed by atoms with Gasteiger partial charge in [-0.1, -0.05) is 22.0 Å². The first kappa shape index (κ1) is 12.2. The Morgan fingerprint density at radius 2 is 2.00 bits per heavy atom. The summed E-state index contributed by atoms with van der Waals surface area (Å²) in [4.78, 5) is 4.45. The first-order valence-corrected chi connectivity index (χ1v) is 6.84. The predicted octanol–water partition coefficient (Wildman–Crippen LogP) is 3.89. The highest BCUT2D eigenvalue weighted by atomic mass is 79.9. The summed E-state index contributed by atoms with van der Waals surface area (Å²) in [6.45, 7) is 2.11. The molecule has 96 valence electrons. The number of hydrogen-bond donors (Lipinski definition) is 1. The molecule has 0 spiro atoms. The quantitative estimate of drug-likeness (QED) is 0.740. The summed E-state index contributed by atoms with van der Waals surface area (Å²) >= 11 is 3.64. The standard InChI is InChI=1S/C15H14BrN3/c1-9-14(12-7-6-10(17)8-18-12)15-11(16)4-3-5-13(15)19(9)2/h3-8H,17H2,1-2H3. The van der Waals surface area contributed by atoms with Crippen LogP contribution in [0.4, 0.5) is 5.69 Å². The summed E-state index contributed by atoms with van der Waals surface area (Å²) in [5, 5.41) is 1.19. The number of anilines is 1. The molecular weight excluding hydrogens is 302 g/mol. The van der Waals surface area contributed by atoms with Crippen molar-refractivity contribution in [1.82, 2.24) is 9.55 Å². The van der Waals surface area contributed by atoms with Gasteiger partial charge in [0, 0.05) is 33.7 Å². The summed E-state index contributed by atoms with van der Waals surface area (Å²) in [5.41, 5.74) is 10.9. The molecule has 3 nitrogen and oxygen atoms in total. The first-order chi connectivity index (χ1) is 9.09. The van der Waals surface area contributed by atoms with Crippen LogP contribution in [0, 0.1) is 6.92 Å². The summed E-state index contributed by atoms with van der Waals surface area (Å²) in [6, 6.07) is 10.1. The summed E-state index contributed by atoms with van der Waals surface area (Å²) < 4.78 is 3.27. The number of aromatic nitrogens is 2. The lowest BCUT2D eigenvalue weighted by Crippen LogP contribution is -1.92. The van der Waals surface area contributed by atoms with E-state index in [4.69, 9.17) is 5.73 Å². The van der Waals surface area contributed by atoms with Crippen molar-refractivity contribution >= 4 is 32.5 Å². The SMILES string of the molecule is Cc1c(-c2ccc(N)cn2)c2c(Br)cccc2n1C. The van der Waals surface area contributed by atoms with Gasteiger partial charge in [0.1, 0.15) is 0 Å². The smallest absolute Gasteiger partial charge is 0.0728 e. The van der Waals surface area contributed by atoms with Crippen LogP contribution in [0.1, 0.15) is 5.69 Å². The van der Waals surface area contributed by atoms with E-state index < -0.39 is 0 Å². The number of hydrogen-bond acceptors (Lipinski definition) is 2. The van der Waals surface area contributed by atoms with Crippen LogP contribution in [0.2, 0.25) is 0 Å². The Hall–Kier alpha value is -1.81. The second-order valence-corrected chi connectivity index (χ2v) is 5.48. The number of aryl methyl sites for hydroxylation is 1. The van der Waals surface area contributed by atoms with Crippen LogP contribution in [0.5, 0.6) is 0 Å². The van der Waals surface area contributed by atoms with Gasteiger partial charge in [0.05, 0.1) is 17.6 Å². The van der Waals surface area contributed by atoms with Gasteiger partial charge >= 0.3 is 0 Å². The van der Waals surface area contributed by atoms with Gasteiger partial charge in [-0.2, -0.15) is 0 Å². The van der Waals surface area contributed by atoms with Crippen molar-refractivity contribution in [1.29, 1.82) is 0 Å². The Bertz CT molecular complexity index is 757. The van der Waals surface area contributed by atoms with Crippen LogP contribution in [-0.2, 0) is 7.05 Å². The van der Waals surface area contributed by atoms with Crippen LogP contribution in [-0.4, -0.2) is 9.55 Å². The van der Waals surface area contributed by atoms with Crippen LogP contribution in [0.25, 0.3) is 22.2 Å². The minimum atomic E-state index is 0.681. The average Bonchev–Trinajstić information content (AvgIpc) is 2.66. The van der Waals surface area contributed by atoms with Crippen LogP contribution in [0.15, 0.2) is 41.0 Å². The van der Waals surface area contributed by atoms with Gasteiger partial charge in [-0.3, -0.25) is 4.98 Å². The maximum Gasteiger partial charge on any atom is 0.0728 e. The second kappa shape index (κ2) is 4.38. The van der Waals surface area contributed by atoms with Crippen LogP contribution < -0.4 is 5.73 Å². The predicted molar refractivity (Wildman–Crippen MR) is 83.0 cm³/mol. The van der Waals surface area contributed by atoms with Crippen LogP contribution in [0.3, 0.4) is 0 Å². The van der Waals surface area contributed by atoms with E-state index >= 15 is 0 Å². The molecule has 2 aromatic heterocycles. The van der Waals surface area contributed by atoms with Crippen molar-refractivity contribution in [3.63, 3.8) is 0 Å². The topological polar surface area (TPSA) is 43.8 Å². The second-order valence-electron chi connectivity index (χ2n) is 4.63. The molecule has 1 aromatic carbocycles. The van der Waals surface area contributed by atoms with E-state index in [1.807, 2.05) is 18.2 Å². The zero-order valence-corrected chi connectivity index (χ0v) is 12.4. The molecule has 0 saturated carbocycles. The molecule has 0 fully saturated rings. The van der Waals surface area contributed by atoms with Crippen molar-refractivity contribution in [2.45, 2.75) is 6.92 Å². The molecule has 4 heteroatoms. The molecule has 3 rings (SSSR count). The molecule has 0 radical (unpaired) electrons. The van der Waals surface area contributed by atoms with Crippen molar-refractivity contribution in [3.8, 4) is 11.3 Å². The van der Waals surface area contributed by atoms with E-state index in [1.165, 1.54) is 16.6 Å². The molecule has 0 aliphatic heterocycles. The molecule has 0 atom stereocenters. The minimum Gasteiger partial charge on any atom is -0.397 e. The summed E-state index contributed by atoms with van der Waals surface area (Å²) in [7, 11) is 2.07. The summed E-state index contributed by atoms with van der Waals surface area (Å²) in [5.74, 6) is 0. The fourth-order valence-corrected chi connectivity index (χ4v) is 2.99. The number of halogens is 1. The lowest BCUT2D eigenvalue weighted by Gasteiger charge is -2.03. The van der Waals surface area contributed by atoms with Gasteiger partial charge in [-0.05, 0) is 31.2 Å². The van der Waals surface area contributed by atoms with Crippen molar-refractivity contribution in [3.05, 3.63) is 46.7 Å². The number of benzene rings is 1. The minimum absolute atomic E-state index is 0.681. The van der Waals surface area contributed by atoms with Gasteiger partial charge in [0.15, 0.2) is 0 Å². The Balaban J connectivity index is 2.40. The molecule has 0 unspecified atom stereocenters. The summed E-state index contributed by atoms with van der Waals surface area (Å²) in [6.07, 6.45) is 1.70. The Morgan fingerprint density at radius 3 is 2.68 bits per heavy atom. The molecule has 0 saturated heterocycles. The van der Waals surface area contributed by atoms with E-state index in [0.29, 0.717) is 5.69 Å². The lowest BCUT2D eigenvalue weighted by atomic mass is 10.1. The van der Waals surface area contributed by atoms with Crippen molar-refractivity contribution in [2.24, 2.45) is 7.05 Å². The molecule has 0 aliphatic rings. The number of nitrogen functional groups attached to an aromatic ring is 1. The fraction of sp³-hybridized carbons (Fsp3) is 0.133. The highest BCUT2D eigenvalue weighted by Crippen LogP contribution is 2.37. The molecule has 0 bridgehead atoms. The molecule has 0 aliphatic carbocycles. The van der Waals surface area contributed by atoms with E-state index in [2.05, 4.69) is 51.6 Å². The third kappa shape index (κ3) is 1.83. The van der Waals surface area contributed by atoms with Gasteiger partial charge in [0.25, 0.3) is 0 Å². The third-order valence-electron chi connectivity index (χ3n) is 3.51. The largest absolute Gasteiger partial charge is 0.397 e. The molecule has 2 N–H and O–H groups in total. The maximum absolute atomic E-state index is 5.71. The zero-order valence-electron chi connectivity index (χ0n) is 10.8. The highest BCUT2D eigenvalue weighted by Gasteiger charge is 2.16. The monoisotopic (exact) mass is 315 g/mol. The first-order valence-electron chi connectivity index (χ1n) is 6.05. The third-order valence-corrected chi connectivity index (χ3v) is 4.17. The van der Waals surface area contributed by atoms with E-state index in [0.717, 1.165) is 15.7 Å². The molecule has 0 amide bonds. The van der Waals surface area contributed by atoms with Crippen LogP contribution >= 0.6 is 15.9 Å². The maximum atomic E-state index is 5.71. The number of pyridine rings is 1. The Morgan fingerprint density at radius 1 is 1.21 bits per heavy atom. The van der Waals surface area contributed by atoms with Crippen molar-refractivity contribution in [2.75, 3.05) is 5.73 Å². The van der Waals surface area contributed by atoms with Gasteiger partial charge in [0.2, 0.25) is 0 Å². The Kier molecular flexibility index (Phi) is 2.82. The van der Waals surface area contributed by atoms with E-state index in [-0.39, 0.29) is 0 Å². The van der Waals surface area contributed by atoms with E-state index in [9.17, 15) is 0 Å². The number of nitrogens with two attached hydrogens (primary N) is 1. The van der Waals surface area contributed by atoms with Gasteiger partial charge < -0.3 is 10.3 Å². The normalized spacial score (nSPS) is 11.1. The molecule has 3 aromatic rings. The van der Waals surface area contributed by atoms with E-state index in [1.54, 1.807) is 6.20 Å². The number of fused-ring (bicyclic) bond motifs is 1. The fourth-order valence-electron chi connectivity index (χ4n) is 2.44. The highest BCUT2D eigenvalue weighted by molar-refractivity contribution is 9.10. The zero-order chi connectivity index (χ0) is 13.6. The van der Waals surface area contributed by atoms with Crippen molar-refractivity contribution < 1.29 is 0 Å². The van der Waals surface area contributed by atoms with Gasteiger partial charge in [-0.25, -0.2) is 0 Å². The number of rotatable bonds is 1. The Labute approximate surface area is 120 Å². The lowest BCUT2D eigenvalue weighted by molar-refractivity contribution is 0.919. The van der Waals surface area contributed by atoms with Gasteiger partial charge in [-0.15, -0.1) is 0 Å². The molecular formula is C15H14BrN3. The average molecular weight is 316 g/mol.